The number of rotatable bonds is 6. The standard InChI is InChI=1S/C8H9N3O5S/c12-6(13)2-1-4(8(15)16)9-7(14)5-3-17-11-10-5/h3-4H,1-2H2,(H,9,14)(H,12,13)(H,15,16). The highest BCUT2D eigenvalue weighted by Gasteiger charge is 2.22. The van der Waals surface area contributed by atoms with Crippen LogP contribution in [0, 0.1) is 0 Å². The number of hydrogen-bond donors (Lipinski definition) is 3. The minimum atomic E-state index is -1.29. The molecule has 17 heavy (non-hydrogen) atoms. The fraction of sp³-hybridized carbons (Fsp3) is 0.375. The number of amides is 1. The first-order valence-corrected chi connectivity index (χ1v) is 5.37. The number of carbonyl (C=O) groups is 3. The van der Waals surface area contributed by atoms with E-state index in [1.165, 1.54) is 5.38 Å². The monoisotopic (exact) mass is 259 g/mol. The molecular formula is C8H9N3O5S. The van der Waals surface area contributed by atoms with E-state index in [-0.39, 0.29) is 18.5 Å². The molecule has 92 valence electrons. The summed E-state index contributed by atoms with van der Waals surface area (Å²) in [6.45, 7) is 0. The van der Waals surface area contributed by atoms with E-state index in [2.05, 4.69) is 14.9 Å². The summed E-state index contributed by atoms with van der Waals surface area (Å²) in [6.07, 6.45) is -0.527. The van der Waals surface area contributed by atoms with Gasteiger partial charge in [0.05, 0.1) is 0 Å². The third-order valence-electron chi connectivity index (χ3n) is 1.84. The van der Waals surface area contributed by atoms with Gasteiger partial charge in [0.25, 0.3) is 5.91 Å². The Morgan fingerprint density at radius 2 is 2.12 bits per heavy atom. The van der Waals surface area contributed by atoms with Gasteiger partial charge in [0.15, 0.2) is 5.69 Å². The normalized spacial score (nSPS) is 11.8. The molecule has 8 nitrogen and oxygen atoms in total. The largest absolute Gasteiger partial charge is 0.481 e. The molecule has 9 heteroatoms. The average Bonchev–Trinajstić information content (AvgIpc) is 2.76. The van der Waals surface area contributed by atoms with E-state index in [0.29, 0.717) is 0 Å². The second kappa shape index (κ2) is 5.89. The predicted octanol–water partition coefficient (Wildman–Crippen LogP) is -0.414. The van der Waals surface area contributed by atoms with E-state index in [9.17, 15) is 14.4 Å². The van der Waals surface area contributed by atoms with Gasteiger partial charge >= 0.3 is 11.9 Å². The zero-order chi connectivity index (χ0) is 12.8. The zero-order valence-corrected chi connectivity index (χ0v) is 9.31. The van der Waals surface area contributed by atoms with Crippen LogP contribution < -0.4 is 5.32 Å². The second-order valence-electron chi connectivity index (χ2n) is 3.09. The Hall–Kier alpha value is -2.03. The lowest BCUT2D eigenvalue weighted by Gasteiger charge is -2.11. The molecule has 0 aliphatic carbocycles. The van der Waals surface area contributed by atoms with Crippen molar-refractivity contribution in [3.8, 4) is 0 Å². The Bertz CT molecular complexity index is 419. The van der Waals surface area contributed by atoms with Gasteiger partial charge in [-0.1, -0.05) is 4.49 Å². The lowest BCUT2D eigenvalue weighted by Crippen LogP contribution is -2.41. The number of hydrogen-bond acceptors (Lipinski definition) is 6. The number of aromatic nitrogens is 2. The number of nitrogens with zero attached hydrogens (tertiary/aromatic N) is 2. The van der Waals surface area contributed by atoms with Gasteiger partial charge in [-0.2, -0.15) is 0 Å². The Kier molecular flexibility index (Phi) is 4.52. The van der Waals surface area contributed by atoms with Crippen molar-refractivity contribution in [3.63, 3.8) is 0 Å². The van der Waals surface area contributed by atoms with Crippen LogP contribution in [0.1, 0.15) is 23.3 Å². The van der Waals surface area contributed by atoms with Gasteiger partial charge in [0, 0.05) is 11.8 Å². The lowest BCUT2D eigenvalue weighted by atomic mass is 10.1. The first-order chi connectivity index (χ1) is 8.00. The molecule has 3 N–H and O–H groups in total. The van der Waals surface area contributed by atoms with E-state index in [1.807, 2.05) is 0 Å². The number of aliphatic carboxylic acids is 2. The summed E-state index contributed by atoms with van der Waals surface area (Å²) in [5.74, 6) is -3.10. The first-order valence-electron chi connectivity index (χ1n) is 4.53. The molecule has 0 saturated heterocycles. The van der Waals surface area contributed by atoms with Crippen molar-refractivity contribution in [2.45, 2.75) is 18.9 Å². The van der Waals surface area contributed by atoms with Gasteiger partial charge in [-0.05, 0) is 18.0 Å². The molecule has 0 aromatic carbocycles. The van der Waals surface area contributed by atoms with Gasteiger partial charge in [0.1, 0.15) is 6.04 Å². The third-order valence-corrected chi connectivity index (χ3v) is 2.35. The summed E-state index contributed by atoms with van der Waals surface area (Å²) < 4.78 is 3.46. The van der Waals surface area contributed by atoms with Gasteiger partial charge in [-0.3, -0.25) is 9.59 Å². The van der Waals surface area contributed by atoms with E-state index in [0.717, 1.165) is 11.5 Å². The van der Waals surface area contributed by atoms with Gasteiger partial charge < -0.3 is 15.5 Å². The molecule has 0 aliphatic heterocycles. The van der Waals surface area contributed by atoms with Crippen LogP contribution in [-0.4, -0.2) is 43.7 Å². The fourth-order valence-corrected chi connectivity index (χ4v) is 1.46. The zero-order valence-electron chi connectivity index (χ0n) is 8.49. The molecule has 0 radical (unpaired) electrons. The highest BCUT2D eigenvalue weighted by atomic mass is 32.1. The molecular weight excluding hydrogens is 250 g/mol. The molecule has 0 saturated carbocycles. The van der Waals surface area contributed by atoms with Crippen LogP contribution in [0.25, 0.3) is 0 Å². The fourth-order valence-electron chi connectivity index (χ4n) is 1.02. The summed E-state index contributed by atoms with van der Waals surface area (Å²) in [5, 5.41) is 24.2. The molecule has 1 atom stereocenters. The van der Waals surface area contributed by atoms with E-state index >= 15 is 0 Å². The smallest absolute Gasteiger partial charge is 0.326 e. The quantitative estimate of drug-likeness (QED) is 0.632. The van der Waals surface area contributed by atoms with Crippen LogP contribution in [-0.2, 0) is 9.59 Å². The summed E-state index contributed by atoms with van der Waals surface area (Å²) in [4.78, 5) is 32.5. The van der Waals surface area contributed by atoms with Crippen molar-refractivity contribution >= 4 is 29.4 Å². The molecule has 0 bridgehead atoms. The number of carboxylic acid groups (broad SMARTS) is 2. The molecule has 0 fully saturated rings. The van der Waals surface area contributed by atoms with Crippen LogP contribution in [0.15, 0.2) is 5.38 Å². The molecule has 0 spiro atoms. The van der Waals surface area contributed by atoms with Crippen LogP contribution in [0.2, 0.25) is 0 Å². The third kappa shape index (κ3) is 4.15. The predicted molar refractivity (Wildman–Crippen MR) is 55.7 cm³/mol. The topological polar surface area (TPSA) is 129 Å². The maximum absolute atomic E-state index is 11.4. The SMILES string of the molecule is O=C(O)CCC(NC(=O)c1csnn1)C(=O)O. The van der Waals surface area contributed by atoms with Crippen molar-refractivity contribution in [2.24, 2.45) is 0 Å². The lowest BCUT2D eigenvalue weighted by molar-refractivity contribution is -0.140. The molecule has 1 aromatic heterocycles. The Morgan fingerprint density at radius 1 is 1.41 bits per heavy atom. The number of carboxylic acids is 2. The van der Waals surface area contributed by atoms with Crippen molar-refractivity contribution in [1.82, 2.24) is 14.9 Å². The van der Waals surface area contributed by atoms with Crippen LogP contribution in [0.3, 0.4) is 0 Å². The van der Waals surface area contributed by atoms with Crippen LogP contribution in [0.5, 0.6) is 0 Å². The van der Waals surface area contributed by atoms with Crippen LogP contribution in [0.4, 0.5) is 0 Å². The summed E-state index contributed by atoms with van der Waals surface area (Å²) >= 11 is 0.958. The molecule has 1 rings (SSSR count). The molecule has 1 amide bonds. The highest BCUT2D eigenvalue weighted by molar-refractivity contribution is 7.03. The minimum Gasteiger partial charge on any atom is -0.481 e. The van der Waals surface area contributed by atoms with Gasteiger partial charge in [0.2, 0.25) is 0 Å². The molecule has 1 unspecified atom stereocenters. The molecule has 1 heterocycles. The van der Waals surface area contributed by atoms with Crippen molar-refractivity contribution < 1.29 is 24.6 Å². The van der Waals surface area contributed by atoms with Crippen molar-refractivity contribution in [2.75, 3.05) is 0 Å². The average molecular weight is 259 g/mol. The molecule has 0 aliphatic rings. The maximum Gasteiger partial charge on any atom is 0.326 e. The van der Waals surface area contributed by atoms with Crippen molar-refractivity contribution in [1.29, 1.82) is 0 Å². The van der Waals surface area contributed by atoms with Crippen LogP contribution >= 0.6 is 11.5 Å². The summed E-state index contributed by atoms with van der Waals surface area (Å²) in [6, 6.07) is -1.25. The minimum absolute atomic E-state index is 0.0107. The van der Waals surface area contributed by atoms with Gasteiger partial charge in [-0.15, -0.1) is 5.10 Å². The molecule has 1 aromatic rings. The second-order valence-corrected chi connectivity index (χ2v) is 3.70. The van der Waals surface area contributed by atoms with Crippen molar-refractivity contribution in [3.05, 3.63) is 11.1 Å². The van der Waals surface area contributed by atoms with E-state index < -0.39 is 23.9 Å². The first kappa shape index (κ1) is 13.0. The van der Waals surface area contributed by atoms with E-state index in [4.69, 9.17) is 10.2 Å². The Labute approximate surface area is 99.4 Å². The van der Waals surface area contributed by atoms with Gasteiger partial charge in [-0.25, -0.2) is 4.79 Å². The summed E-state index contributed by atoms with van der Waals surface area (Å²) in [5.41, 5.74) is 0.0107. The number of carbonyl (C=O) groups excluding carboxylic acids is 1. The Morgan fingerprint density at radius 3 is 2.59 bits per heavy atom. The van der Waals surface area contributed by atoms with E-state index in [1.54, 1.807) is 0 Å². The Balaban J connectivity index is 2.58. The summed E-state index contributed by atoms with van der Waals surface area (Å²) in [7, 11) is 0. The number of nitrogens with one attached hydrogen (secondary N) is 1. The maximum atomic E-state index is 11.4. The highest BCUT2D eigenvalue weighted by Crippen LogP contribution is 2.02.